The molecule has 222 valence electrons. The number of carbonyl (C=O) groups is 3. The van der Waals surface area contributed by atoms with E-state index in [0.717, 1.165) is 77.5 Å². The molecule has 1 unspecified atom stereocenters. The number of benzene rings is 1. The average molecular weight is 584 g/mol. The molecule has 1 aliphatic carbocycles. The van der Waals surface area contributed by atoms with E-state index >= 15 is 0 Å². The Labute approximate surface area is 246 Å². The maximum absolute atomic E-state index is 13.4. The lowest BCUT2D eigenvalue weighted by Gasteiger charge is -2.43. The summed E-state index contributed by atoms with van der Waals surface area (Å²) >= 11 is 1.18. The van der Waals surface area contributed by atoms with Gasteiger partial charge in [-0.15, -0.1) is 0 Å². The highest BCUT2D eigenvalue weighted by Gasteiger charge is 2.37. The predicted molar refractivity (Wildman–Crippen MR) is 159 cm³/mol. The molecule has 3 amide bonds. The number of aromatic nitrogens is 1. The van der Waals surface area contributed by atoms with Crippen LogP contribution in [0.1, 0.15) is 72.8 Å². The van der Waals surface area contributed by atoms with Crippen molar-refractivity contribution in [2.24, 2.45) is 17.8 Å². The van der Waals surface area contributed by atoms with E-state index in [-0.39, 0.29) is 41.4 Å². The topological polar surface area (TPSA) is 94.6 Å². The number of anilines is 1. The van der Waals surface area contributed by atoms with E-state index in [9.17, 15) is 18.8 Å². The Kier molecular flexibility index (Phi) is 9.70. The Bertz CT molecular complexity index is 1230. The third kappa shape index (κ3) is 7.71. The summed E-state index contributed by atoms with van der Waals surface area (Å²) in [5.74, 6) is 0.788. The summed E-state index contributed by atoms with van der Waals surface area (Å²) in [4.78, 5) is 47.6. The molecule has 1 aromatic carbocycles. The molecule has 0 spiro atoms. The number of hydrogen-bond acceptors (Lipinski definition) is 6. The van der Waals surface area contributed by atoms with Gasteiger partial charge in [0, 0.05) is 39.0 Å². The van der Waals surface area contributed by atoms with Gasteiger partial charge in [0.1, 0.15) is 5.82 Å². The van der Waals surface area contributed by atoms with Gasteiger partial charge in [0.25, 0.3) is 0 Å². The molecule has 5 rings (SSSR count). The van der Waals surface area contributed by atoms with Crippen LogP contribution in [-0.4, -0.2) is 71.3 Å². The molecule has 0 radical (unpaired) electrons. The number of carbonyl (C=O) groups excluding carboxylic acids is 3. The maximum Gasteiger partial charge on any atom is 0.321 e. The molecule has 0 bridgehead atoms. The summed E-state index contributed by atoms with van der Waals surface area (Å²) in [7, 11) is 0. The van der Waals surface area contributed by atoms with E-state index in [0.29, 0.717) is 28.2 Å². The first-order valence-corrected chi connectivity index (χ1v) is 15.9. The maximum atomic E-state index is 13.4. The molecule has 1 saturated carbocycles. The zero-order chi connectivity index (χ0) is 28.9. The Balaban J connectivity index is 1.23. The average Bonchev–Trinajstić information content (AvgIpc) is 3.61. The van der Waals surface area contributed by atoms with Gasteiger partial charge in [-0.1, -0.05) is 36.3 Å². The number of thiazole rings is 1. The van der Waals surface area contributed by atoms with Crippen molar-refractivity contribution in [1.29, 1.82) is 0 Å². The van der Waals surface area contributed by atoms with Crippen LogP contribution in [0.3, 0.4) is 0 Å². The lowest BCUT2D eigenvalue weighted by Crippen LogP contribution is -2.58. The first kappa shape index (κ1) is 29.6. The molecule has 3 atom stereocenters. The molecular weight excluding hydrogens is 541 g/mol. The molecule has 8 nitrogen and oxygen atoms in total. The van der Waals surface area contributed by atoms with Gasteiger partial charge >= 0.3 is 6.03 Å². The van der Waals surface area contributed by atoms with E-state index in [2.05, 4.69) is 20.5 Å². The van der Waals surface area contributed by atoms with Crippen molar-refractivity contribution in [2.45, 2.75) is 71.3 Å². The van der Waals surface area contributed by atoms with E-state index in [1.54, 1.807) is 6.92 Å². The quantitative estimate of drug-likeness (QED) is 0.413. The van der Waals surface area contributed by atoms with Crippen LogP contribution in [0.15, 0.2) is 24.3 Å². The van der Waals surface area contributed by atoms with Crippen LogP contribution in [0, 0.1) is 30.5 Å². The van der Waals surface area contributed by atoms with Gasteiger partial charge < -0.3 is 15.1 Å². The van der Waals surface area contributed by atoms with Crippen LogP contribution in [0.2, 0.25) is 0 Å². The third-order valence-corrected chi connectivity index (χ3v) is 10.1. The second-order valence-corrected chi connectivity index (χ2v) is 13.1. The number of halogens is 1. The fourth-order valence-corrected chi connectivity index (χ4v) is 7.72. The van der Waals surface area contributed by atoms with Gasteiger partial charge in [-0.2, -0.15) is 0 Å². The lowest BCUT2D eigenvalue weighted by molar-refractivity contribution is -0.137. The van der Waals surface area contributed by atoms with Crippen molar-refractivity contribution in [3.63, 3.8) is 0 Å². The van der Waals surface area contributed by atoms with Crippen molar-refractivity contribution in [3.05, 3.63) is 46.2 Å². The van der Waals surface area contributed by atoms with Crippen LogP contribution in [0.25, 0.3) is 0 Å². The zero-order valence-electron chi connectivity index (χ0n) is 24.2. The molecule has 3 aliphatic rings. The Morgan fingerprint density at radius 3 is 2.49 bits per heavy atom. The second-order valence-electron chi connectivity index (χ2n) is 12.1. The molecule has 3 fully saturated rings. The number of urea groups is 1. The minimum absolute atomic E-state index is 0.0684. The largest absolute Gasteiger partial charge is 0.340 e. The number of ketones is 1. The monoisotopic (exact) mass is 583 g/mol. The van der Waals surface area contributed by atoms with Gasteiger partial charge in [0.15, 0.2) is 10.9 Å². The molecule has 10 heteroatoms. The Morgan fingerprint density at radius 2 is 1.78 bits per heavy atom. The summed E-state index contributed by atoms with van der Waals surface area (Å²) in [5.41, 5.74) is 1.78. The Hall–Kier alpha value is -2.85. The normalized spacial score (nSPS) is 23.9. The number of likely N-dealkylation sites (tertiary alicyclic amines) is 2. The molecule has 41 heavy (non-hydrogen) atoms. The highest BCUT2D eigenvalue weighted by Crippen LogP contribution is 2.30. The van der Waals surface area contributed by atoms with Crippen LogP contribution in [-0.2, 0) is 11.2 Å². The number of nitrogens with zero attached hydrogens (tertiary/aromatic N) is 3. The van der Waals surface area contributed by atoms with Gasteiger partial charge in [-0.3, -0.25) is 14.9 Å². The Morgan fingerprint density at radius 1 is 1.02 bits per heavy atom. The first-order chi connectivity index (χ1) is 19.7. The summed E-state index contributed by atoms with van der Waals surface area (Å²) in [6.07, 6.45) is 8.19. The summed E-state index contributed by atoms with van der Waals surface area (Å²) in [6, 6.07) is 6.30. The second kappa shape index (κ2) is 13.4. The highest BCUT2D eigenvalue weighted by atomic mass is 32.1. The van der Waals surface area contributed by atoms with E-state index in [1.807, 2.05) is 17.0 Å². The minimum Gasteiger partial charge on any atom is -0.340 e. The lowest BCUT2D eigenvalue weighted by atomic mass is 9.87. The SMILES string of the molecule is CC(=O)c1sc(NC(=O)N[C@H]2CN(C(=O)C3CCCC3)CC[C@H]2CN2CCCC(Cc3ccc(F)cc3)C2)nc1C. The molecule has 3 heterocycles. The smallest absolute Gasteiger partial charge is 0.321 e. The van der Waals surface area contributed by atoms with Crippen LogP contribution >= 0.6 is 11.3 Å². The van der Waals surface area contributed by atoms with Gasteiger partial charge in [0.2, 0.25) is 5.91 Å². The summed E-state index contributed by atoms with van der Waals surface area (Å²) in [6.45, 7) is 7.35. The number of rotatable bonds is 8. The fourth-order valence-electron chi connectivity index (χ4n) is 6.86. The molecular formula is C31H42FN5O3S. The van der Waals surface area contributed by atoms with Crippen LogP contribution in [0.4, 0.5) is 14.3 Å². The molecule has 2 aliphatic heterocycles. The van der Waals surface area contributed by atoms with E-state index in [1.165, 1.54) is 36.0 Å². The molecule has 1 aromatic heterocycles. The standard InChI is InChI=1S/C31H42FN5O3S/c1-20-28(21(2)38)41-31(33-20)35-30(40)34-27-19-37(29(39)24-7-3-4-8-24)15-13-25(27)18-36-14-5-6-23(17-36)16-22-9-11-26(32)12-10-22/h9-12,23-25,27H,3-8,13-19H2,1-2H3,(H2,33,34,35,40)/t23?,25-,27-/m0/s1. The van der Waals surface area contributed by atoms with Crippen molar-refractivity contribution in [1.82, 2.24) is 20.1 Å². The van der Waals surface area contributed by atoms with Crippen molar-refractivity contribution in [3.8, 4) is 0 Å². The molecule has 2 saturated heterocycles. The van der Waals surface area contributed by atoms with Gasteiger partial charge in [-0.25, -0.2) is 14.2 Å². The third-order valence-electron chi connectivity index (χ3n) is 8.96. The number of Topliss-reactive ketones (excluding diaryl/α,β-unsaturated/α-hetero) is 1. The van der Waals surface area contributed by atoms with E-state index < -0.39 is 0 Å². The van der Waals surface area contributed by atoms with Crippen molar-refractivity contribution >= 4 is 34.2 Å². The fraction of sp³-hybridized carbons (Fsp3) is 0.613. The number of nitrogens with one attached hydrogen (secondary N) is 2. The summed E-state index contributed by atoms with van der Waals surface area (Å²) in [5, 5.41) is 6.40. The zero-order valence-corrected chi connectivity index (χ0v) is 25.0. The first-order valence-electron chi connectivity index (χ1n) is 15.1. The summed E-state index contributed by atoms with van der Waals surface area (Å²) < 4.78 is 13.4. The van der Waals surface area contributed by atoms with E-state index in [4.69, 9.17) is 0 Å². The number of hydrogen-bond donors (Lipinski definition) is 2. The molecule has 2 N–H and O–H groups in total. The number of amides is 3. The van der Waals surface area contributed by atoms with Crippen LogP contribution < -0.4 is 10.6 Å². The number of piperidine rings is 2. The van der Waals surface area contributed by atoms with Crippen molar-refractivity contribution in [2.75, 3.05) is 38.0 Å². The van der Waals surface area contributed by atoms with Gasteiger partial charge in [-0.05, 0) is 81.5 Å². The highest BCUT2D eigenvalue weighted by molar-refractivity contribution is 7.17. The van der Waals surface area contributed by atoms with Gasteiger partial charge in [0.05, 0.1) is 16.6 Å². The minimum atomic E-state index is -0.355. The van der Waals surface area contributed by atoms with Crippen molar-refractivity contribution < 1.29 is 18.8 Å². The number of aryl methyl sites for hydroxylation is 1. The predicted octanol–water partition coefficient (Wildman–Crippen LogP) is 5.28. The van der Waals surface area contributed by atoms with Crippen LogP contribution in [0.5, 0.6) is 0 Å². The molecule has 2 aromatic rings.